The van der Waals surface area contributed by atoms with E-state index in [0.29, 0.717) is 5.56 Å². The highest BCUT2D eigenvalue weighted by Gasteiger charge is 2.29. The highest BCUT2D eigenvalue weighted by Crippen LogP contribution is 2.37. The van der Waals surface area contributed by atoms with E-state index >= 15 is 0 Å². The molecule has 0 aromatic heterocycles. The van der Waals surface area contributed by atoms with E-state index in [2.05, 4.69) is 0 Å². The molecule has 1 aromatic carbocycles. The van der Waals surface area contributed by atoms with Crippen molar-refractivity contribution < 1.29 is 18.0 Å². The Balaban J connectivity index is 2.80. The van der Waals surface area contributed by atoms with Gasteiger partial charge in [-0.25, -0.2) is 0 Å². The van der Waals surface area contributed by atoms with Crippen LogP contribution in [0.3, 0.4) is 0 Å². The van der Waals surface area contributed by atoms with Gasteiger partial charge in [0.2, 0.25) is 5.91 Å². The lowest BCUT2D eigenvalue weighted by Gasteiger charge is -2.15. The minimum Gasteiger partial charge on any atom is -0.347 e. The molecule has 1 atom stereocenters. The lowest BCUT2D eigenvalue weighted by molar-refractivity contribution is -0.128. The molecule has 0 saturated carbocycles. The van der Waals surface area contributed by atoms with Crippen molar-refractivity contribution in [2.45, 2.75) is 15.8 Å². The first kappa shape index (κ1) is 15.2. The van der Waals surface area contributed by atoms with E-state index in [9.17, 15) is 18.0 Å². The predicted octanol–water partition coefficient (Wildman–Crippen LogP) is 3.67. The summed E-state index contributed by atoms with van der Waals surface area (Å²) in [6, 6.07) is 5.44. The highest BCUT2D eigenvalue weighted by molar-refractivity contribution is 8.00. The number of likely N-dealkylation sites (N-methyl/N-ethyl adjacent to an activating group) is 1. The van der Waals surface area contributed by atoms with Gasteiger partial charge in [-0.05, 0) is 29.5 Å². The topological polar surface area (TPSA) is 20.3 Å². The Hall–Kier alpha value is -0.880. The summed E-state index contributed by atoms with van der Waals surface area (Å²) in [5.41, 5.74) is -3.84. The first-order valence-corrected chi connectivity index (χ1v) is 6.17. The molecule has 0 bridgehead atoms. The molecule has 1 unspecified atom stereocenters. The average Bonchev–Trinajstić information content (AvgIpc) is 2.26. The number of carbonyl (C=O) groups excluding carboxylic acids is 1. The number of benzene rings is 1. The second-order valence-electron chi connectivity index (χ2n) is 3.71. The van der Waals surface area contributed by atoms with E-state index in [1.165, 1.54) is 29.2 Å². The molecule has 0 aliphatic rings. The summed E-state index contributed by atoms with van der Waals surface area (Å²) >= 11 is 5.71. The number of hydrogen-bond acceptors (Lipinski definition) is 2. The molecule has 2 nitrogen and oxygen atoms in total. The minimum atomic E-state index is -4.32. The maximum atomic E-state index is 12.1. The summed E-state index contributed by atoms with van der Waals surface area (Å²) in [5, 5.41) is -0.884. The molecule has 100 valence electrons. The zero-order valence-electron chi connectivity index (χ0n) is 9.66. The number of alkyl halides is 4. The van der Waals surface area contributed by atoms with Crippen LogP contribution >= 0.6 is 23.4 Å². The van der Waals surface area contributed by atoms with Crippen molar-refractivity contribution in [2.24, 2.45) is 0 Å². The van der Waals surface area contributed by atoms with E-state index in [0.717, 1.165) is 0 Å². The molecule has 0 aliphatic carbocycles. The predicted molar refractivity (Wildman–Crippen MR) is 65.6 cm³/mol. The van der Waals surface area contributed by atoms with E-state index in [1.807, 2.05) is 0 Å². The standard InChI is InChI=1S/C11H11ClF3NOS/c1-16(2)10(17)9(12)7-3-5-8(6-4-7)18-11(13,14)15/h3-6,9H,1-2H3. The van der Waals surface area contributed by atoms with Crippen LogP contribution in [0.4, 0.5) is 13.2 Å². The van der Waals surface area contributed by atoms with Crippen LogP contribution in [0.5, 0.6) is 0 Å². The van der Waals surface area contributed by atoms with Crippen molar-refractivity contribution in [1.82, 2.24) is 4.90 Å². The van der Waals surface area contributed by atoms with Crippen LogP contribution < -0.4 is 0 Å². The van der Waals surface area contributed by atoms with Crippen molar-refractivity contribution >= 4 is 29.3 Å². The molecule has 1 rings (SSSR count). The first-order valence-electron chi connectivity index (χ1n) is 4.91. The van der Waals surface area contributed by atoms with Gasteiger partial charge in [0, 0.05) is 19.0 Å². The first-order chi connectivity index (χ1) is 8.20. The van der Waals surface area contributed by atoms with E-state index < -0.39 is 10.9 Å². The summed E-state index contributed by atoms with van der Waals surface area (Å²) in [6.45, 7) is 0. The van der Waals surface area contributed by atoms with Crippen molar-refractivity contribution in [1.29, 1.82) is 0 Å². The smallest absolute Gasteiger partial charge is 0.347 e. The molecular weight excluding hydrogens is 287 g/mol. The summed E-state index contributed by atoms with van der Waals surface area (Å²) in [5.74, 6) is -0.312. The van der Waals surface area contributed by atoms with Crippen molar-refractivity contribution in [3.63, 3.8) is 0 Å². The maximum Gasteiger partial charge on any atom is 0.446 e. The molecule has 0 heterocycles. The number of rotatable bonds is 3. The van der Waals surface area contributed by atoms with Gasteiger partial charge in [-0.15, -0.1) is 11.6 Å². The van der Waals surface area contributed by atoms with Crippen LogP contribution in [-0.2, 0) is 4.79 Å². The summed E-state index contributed by atoms with van der Waals surface area (Å²) < 4.78 is 36.3. The molecule has 0 spiro atoms. The van der Waals surface area contributed by atoms with Crippen LogP contribution in [0, 0.1) is 0 Å². The van der Waals surface area contributed by atoms with Crippen LogP contribution in [0.25, 0.3) is 0 Å². The van der Waals surface area contributed by atoms with Gasteiger partial charge in [0.1, 0.15) is 5.38 Å². The molecule has 1 amide bonds. The van der Waals surface area contributed by atoms with Gasteiger partial charge in [0.25, 0.3) is 0 Å². The Morgan fingerprint density at radius 2 is 1.78 bits per heavy atom. The fourth-order valence-electron chi connectivity index (χ4n) is 1.21. The van der Waals surface area contributed by atoms with Gasteiger partial charge >= 0.3 is 5.51 Å². The second-order valence-corrected chi connectivity index (χ2v) is 5.29. The maximum absolute atomic E-state index is 12.1. The number of thioether (sulfide) groups is 1. The number of nitrogens with zero attached hydrogens (tertiary/aromatic N) is 1. The highest BCUT2D eigenvalue weighted by atomic mass is 35.5. The average molecular weight is 298 g/mol. The third-order valence-corrected chi connectivity index (χ3v) is 3.24. The lowest BCUT2D eigenvalue weighted by Crippen LogP contribution is -2.25. The van der Waals surface area contributed by atoms with E-state index in [-0.39, 0.29) is 22.6 Å². The molecule has 0 saturated heterocycles. The monoisotopic (exact) mass is 297 g/mol. The van der Waals surface area contributed by atoms with Gasteiger partial charge < -0.3 is 4.90 Å². The fourth-order valence-corrected chi connectivity index (χ4v) is 2.09. The van der Waals surface area contributed by atoms with Crippen LogP contribution in [0.15, 0.2) is 29.2 Å². The molecule has 0 radical (unpaired) electrons. The molecular formula is C11H11ClF3NOS. The zero-order chi connectivity index (χ0) is 13.9. The van der Waals surface area contributed by atoms with Crippen LogP contribution in [-0.4, -0.2) is 30.4 Å². The molecule has 0 aliphatic heterocycles. The Bertz CT molecular complexity index is 419. The normalized spacial score (nSPS) is 13.2. The van der Waals surface area contributed by atoms with Gasteiger partial charge in [0.15, 0.2) is 0 Å². The van der Waals surface area contributed by atoms with Crippen molar-refractivity contribution in [3.05, 3.63) is 29.8 Å². The molecule has 0 N–H and O–H groups in total. The van der Waals surface area contributed by atoms with Crippen LogP contribution in [0.2, 0.25) is 0 Å². The molecule has 0 fully saturated rings. The number of halogens is 4. The summed E-state index contributed by atoms with van der Waals surface area (Å²) in [6.07, 6.45) is 0. The van der Waals surface area contributed by atoms with Gasteiger partial charge in [-0.1, -0.05) is 12.1 Å². The molecule has 18 heavy (non-hydrogen) atoms. The van der Waals surface area contributed by atoms with E-state index in [1.54, 1.807) is 14.1 Å². The lowest BCUT2D eigenvalue weighted by atomic mass is 10.1. The van der Waals surface area contributed by atoms with E-state index in [4.69, 9.17) is 11.6 Å². The van der Waals surface area contributed by atoms with Gasteiger partial charge in [-0.3, -0.25) is 4.79 Å². The molecule has 7 heteroatoms. The van der Waals surface area contributed by atoms with Gasteiger partial charge in [-0.2, -0.15) is 13.2 Å². The third kappa shape index (κ3) is 4.42. The van der Waals surface area contributed by atoms with Crippen molar-refractivity contribution in [3.8, 4) is 0 Å². The third-order valence-electron chi connectivity index (χ3n) is 2.06. The minimum absolute atomic E-state index is 0.0624. The zero-order valence-corrected chi connectivity index (χ0v) is 11.2. The van der Waals surface area contributed by atoms with Crippen molar-refractivity contribution in [2.75, 3.05) is 14.1 Å². The Kier molecular flexibility index (Phi) is 4.92. The quantitative estimate of drug-likeness (QED) is 0.627. The SMILES string of the molecule is CN(C)C(=O)C(Cl)c1ccc(SC(F)(F)F)cc1. The number of hydrogen-bond donors (Lipinski definition) is 0. The number of carbonyl (C=O) groups is 1. The number of amides is 1. The summed E-state index contributed by atoms with van der Waals surface area (Å²) in [4.78, 5) is 13.0. The molecule has 1 aromatic rings. The Labute approximate surface area is 112 Å². The fraction of sp³-hybridized carbons (Fsp3) is 0.364. The largest absolute Gasteiger partial charge is 0.446 e. The Morgan fingerprint density at radius 3 is 2.17 bits per heavy atom. The van der Waals surface area contributed by atoms with Gasteiger partial charge in [0.05, 0.1) is 0 Å². The summed E-state index contributed by atoms with van der Waals surface area (Å²) in [7, 11) is 3.12. The Morgan fingerprint density at radius 1 is 1.28 bits per heavy atom. The van der Waals surface area contributed by atoms with Crippen LogP contribution in [0.1, 0.15) is 10.9 Å². The second kappa shape index (κ2) is 5.84.